The number of aliphatic hydroxyl groups is 2. The predicted octanol–water partition coefficient (Wildman–Crippen LogP) is 0.958. The molecular weight excluding hydrogens is 911 g/mol. The highest BCUT2D eigenvalue weighted by molar-refractivity contribution is 7.93. The molecular formula is C45H51N7O13S2. The number of benzene rings is 1. The van der Waals surface area contributed by atoms with E-state index in [9.17, 15) is 41.1 Å². The molecule has 4 aromatic rings. The molecule has 1 aromatic carbocycles. The van der Waals surface area contributed by atoms with Gasteiger partial charge in [-0.3, -0.25) is 38.7 Å². The molecule has 7 rings (SSSR count). The fourth-order valence-electron chi connectivity index (χ4n) is 7.30. The van der Waals surface area contributed by atoms with Crippen molar-refractivity contribution in [1.29, 1.82) is 0 Å². The molecule has 0 saturated heterocycles. The molecule has 0 spiro atoms. The first-order valence-electron chi connectivity index (χ1n) is 20.9. The first kappa shape index (κ1) is 49.9. The number of aromatic nitrogens is 4. The number of ether oxygens (including phenoxy) is 1. The lowest BCUT2D eigenvalue weighted by Crippen LogP contribution is -2.50. The number of pyridine rings is 1. The number of nitrogens with one attached hydrogen (secondary N) is 2. The van der Waals surface area contributed by atoms with Crippen LogP contribution in [-0.2, 0) is 54.2 Å². The maximum Gasteiger partial charge on any atom is 0.332 e. The third-order valence-electron chi connectivity index (χ3n) is 12.3. The van der Waals surface area contributed by atoms with Gasteiger partial charge in [-0.15, -0.1) is 0 Å². The van der Waals surface area contributed by atoms with Gasteiger partial charge in [-0.1, -0.05) is 23.7 Å². The van der Waals surface area contributed by atoms with Crippen molar-refractivity contribution in [3.8, 4) is 29.4 Å². The maximum absolute atomic E-state index is 12.8. The molecule has 67 heavy (non-hydrogen) atoms. The normalized spacial score (nSPS) is 16.3. The summed E-state index contributed by atoms with van der Waals surface area (Å²) in [6.45, 7) is 2.93. The fourth-order valence-corrected chi connectivity index (χ4v) is 8.99. The van der Waals surface area contributed by atoms with E-state index >= 15 is 0 Å². The number of allylic oxidation sites excluding steroid dienone is 1. The average Bonchev–Trinajstić information content (AvgIpc) is 3.52. The molecule has 356 valence electrons. The van der Waals surface area contributed by atoms with E-state index in [0.29, 0.717) is 29.1 Å². The van der Waals surface area contributed by atoms with Gasteiger partial charge >= 0.3 is 11.7 Å². The number of nitrogens with zero attached hydrogens (tertiary/aromatic N) is 5. The summed E-state index contributed by atoms with van der Waals surface area (Å²) in [5, 5.41) is 36.2. The summed E-state index contributed by atoms with van der Waals surface area (Å²) in [5.41, 5.74) is 7.40. The zero-order valence-electron chi connectivity index (χ0n) is 37.1. The summed E-state index contributed by atoms with van der Waals surface area (Å²) in [6, 6.07) is 12.3. The molecule has 3 amide bonds. The van der Waals surface area contributed by atoms with E-state index in [1.165, 1.54) is 43.4 Å². The minimum absolute atomic E-state index is 0.0185. The number of aryl methyl sites for hydroxylation is 1. The second-order valence-corrected chi connectivity index (χ2v) is 21.8. The lowest BCUT2D eigenvalue weighted by atomic mass is 10.0. The minimum atomic E-state index is -3.85. The predicted molar refractivity (Wildman–Crippen MR) is 242 cm³/mol. The van der Waals surface area contributed by atoms with Gasteiger partial charge in [0.05, 0.1) is 19.8 Å². The van der Waals surface area contributed by atoms with E-state index in [-0.39, 0.29) is 69.4 Å². The summed E-state index contributed by atoms with van der Waals surface area (Å²) in [4.78, 5) is 55.3. The Labute approximate surface area is 386 Å². The molecule has 20 nitrogen and oxygen atoms in total. The number of aliphatic hydroxyl groups excluding tert-OH is 2. The standard InChI is InChI=1S/C23H26N4O6S.C22H25N3O7S/c1-22(20(29)25-31,34(2,32)33)9-10-26-14-18-11-17(13-27(18)21(26)30)4-3-16-5-6-19(24-12-16)23(15-28)7-8-23;1-22(20(27)23-29,33(2,30)31)9-10-24-15-18-13-17(14-25(18)21(24)28)4-3-16-5-7-19(8-6-16)32-12-11-26/h5-6,11-13,28,31H,7-10,14-15H2,1-2H3,(H,25,29);5-8,14-15,26,29H,9-13H2,1-2H3,(H,23,27)/t2*22-/m11/s1. The van der Waals surface area contributed by atoms with Crippen LogP contribution in [0.4, 0.5) is 4.79 Å². The molecule has 0 bridgehead atoms. The van der Waals surface area contributed by atoms with Crippen LogP contribution in [0.15, 0.2) is 71.4 Å². The van der Waals surface area contributed by atoms with Crippen molar-refractivity contribution < 1.29 is 56.6 Å². The van der Waals surface area contributed by atoms with Crippen molar-refractivity contribution in [3.05, 3.63) is 111 Å². The first-order valence-corrected chi connectivity index (χ1v) is 24.7. The van der Waals surface area contributed by atoms with Crippen LogP contribution in [0.25, 0.3) is 6.20 Å². The Morgan fingerprint density at radius 3 is 1.94 bits per heavy atom. The Hall–Kier alpha value is -6.53. The van der Waals surface area contributed by atoms with Crippen LogP contribution in [0.2, 0.25) is 0 Å². The van der Waals surface area contributed by atoms with E-state index in [2.05, 4.69) is 28.7 Å². The van der Waals surface area contributed by atoms with E-state index in [1.54, 1.807) is 55.1 Å². The Morgan fingerprint density at radius 1 is 0.821 bits per heavy atom. The largest absolute Gasteiger partial charge is 0.491 e. The van der Waals surface area contributed by atoms with E-state index in [0.717, 1.165) is 47.7 Å². The van der Waals surface area contributed by atoms with Crippen LogP contribution in [0.3, 0.4) is 0 Å². The lowest BCUT2D eigenvalue weighted by Gasteiger charge is -2.27. The number of carbonyl (C=O) groups excluding carboxylic acids is 3. The van der Waals surface area contributed by atoms with Gasteiger partial charge in [0.2, 0.25) is 0 Å². The number of hydrogen-bond acceptors (Lipinski definition) is 14. The van der Waals surface area contributed by atoms with Crippen molar-refractivity contribution in [2.24, 2.45) is 0 Å². The molecule has 6 N–H and O–H groups in total. The second kappa shape index (κ2) is 19.7. The maximum atomic E-state index is 12.8. The zero-order valence-corrected chi connectivity index (χ0v) is 38.8. The minimum Gasteiger partial charge on any atom is -0.491 e. The average molecular weight is 962 g/mol. The fraction of sp³-hybridized carbons (Fsp3) is 0.400. The molecule has 1 saturated carbocycles. The van der Waals surface area contributed by atoms with Gasteiger partial charge in [0.1, 0.15) is 12.4 Å². The number of carbonyl (C=O) groups is 3. The van der Waals surface area contributed by atoms with Crippen molar-refractivity contribution in [2.45, 2.75) is 74.0 Å². The number of imidazole rings is 1. The molecule has 1 fully saturated rings. The molecule has 2 atom stereocenters. The highest BCUT2D eigenvalue weighted by Gasteiger charge is 2.46. The second-order valence-electron chi connectivity index (χ2n) is 16.9. The molecule has 1 aliphatic carbocycles. The zero-order chi connectivity index (χ0) is 49.0. The highest BCUT2D eigenvalue weighted by Crippen LogP contribution is 2.46. The van der Waals surface area contributed by atoms with Gasteiger partial charge in [0.25, 0.3) is 11.8 Å². The molecule has 2 aliphatic heterocycles. The molecule has 0 radical (unpaired) electrons. The van der Waals surface area contributed by atoms with Crippen LogP contribution < -0.4 is 21.4 Å². The first-order chi connectivity index (χ1) is 31.6. The third-order valence-corrected chi connectivity index (χ3v) is 16.4. The summed E-state index contributed by atoms with van der Waals surface area (Å²) in [6.07, 6.45) is 10.3. The van der Waals surface area contributed by atoms with Gasteiger partial charge in [-0.2, -0.15) is 0 Å². The van der Waals surface area contributed by atoms with Crippen LogP contribution in [0.1, 0.15) is 73.3 Å². The Kier molecular flexibility index (Phi) is 14.7. The van der Waals surface area contributed by atoms with Crippen molar-refractivity contribution in [1.82, 2.24) is 34.5 Å². The number of rotatable bonds is 15. The van der Waals surface area contributed by atoms with Gasteiger partial charge in [-0.05, 0) is 82.0 Å². The Morgan fingerprint density at radius 2 is 1.42 bits per heavy atom. The Balaban J connectivity index is 0.000000221. The molecule has 5 heterocycles. The van der Waals surface area contributed by atoms with Crippen LogP contribution in [0, 0.1) is 23.7 Å². The van der Waals surface area contributed by atoms with Crippen LogP contribution in [0.5, 0.6) is 5.75 Å². The van der Waals surface area contributed by atoms with Gasteiger partial charge in [0, 0.05) is 102 Å². The summed E-state index contributed by atoms with van der Waals surface area (Å²) < 4.78 is 54.2. The topological polar surface area (TPSA) is 282 Å². The van der Waals surface area contributed by atoms with Crippen molar-refractivity contribution >= 4 is 43.7 Å². The monoisotopic (exact) mass is 961 g/mol. The number of amides is 3. The van der Waals surface area contributed by atoms with Crippen LogP contribution in [-0.4, -0.2) is 127 Å². The number of hydroxylamine groups is 2. The molecule has 0 unspecified atom stereocenters. The SMILES string of the molecule is C[C@@](CCN1Cc2cc(C#Cc3ccc(C4(CO)CC4)nc3)cn2C1=O)(C(=O)NO)S(C)(=O)=O.C[C@@](CCn1cc2n(c1=O)C=C(C#Cc1ccc(OCCO)cc1)C2)(C(=O)NO)S(C)(=O)=O. The molecule has 3 aromatic heterocycles. The lowest BCUT2D eigenvalue weighted by molar-refractivity contribution is -0.132. The van der Waals surface area contributed by atoms with Gasteiger partial charge < -0.3 is 19.8 Å². The number of fused-ring (bicyclic) bond motifs is 2. The van der Waals surface area contributed by atoms with E-state index in [4.69, 9.17) is 20.3 Å². The molecule has 22 heteroatoms. The van der Waals surface area contributed by atoms with E-state index < -0.39 is 41.0 Å². The third kappa shape index (κ3) is 10.7. The smallest absolute Gasteiger partial charge is 0.332 e. The van der Waals surface area contributed by atoms with E-state index in [1.807, 2.05) is 12.1 Å². The van der Waals surface area contributed by atoms with Gasteiger partial charge in [-0.25, -0.2) is 37.4 Å². The van der Waals surface area contributed by atoms with Crippen LogP contribution >= 0.6 is 0 Å². The number of hydrogen-bond donors (Lipinski definition) is 6. The summed E-state index contributed by atoms with van der Waals surface area (Å²) in [7, 11) is -7.69. The number of sulfone groups is 2. The van der Waals surface area contributed by atoms with Gasteiger partial charge in [0.15, 0.2) is 29.2 Å². The quantitative estimate of drug-likeness (QED) is 0.0550. The van der Waals surface area contributed by atoms with Crippen molar-refractivity contribution in [2.75, 3.05) is 38.9 Å². The Bertz CT molecular complexity index is 3000. The summed E-state index contributed by atoms with van der Waals surface area (Å²) in [5.74, 6) is 10.7. The van der Waals surface area contributed by atoms with Crippen molar-refractivity contribution in [3.63, 3.8) is 0 Å². The highest BCUT2D eigenvalue weighted by atomic mass is 32.2. The summed E-state index contributed by atoms with van der Waals surface area (Å²) >= 11 is 0. The molecule has 3 aliphatic rings.